The molecule has 0 bridgehead atoms. The normalized spacial score (nSPS) is 15.8. The molecular weight excluding hydrogens is 447 g/mol. The number of ether oxygens (including phenoxy) is 1. The number of hydrogen-bond acceptors (Lipinski definition) is 6. The molecule has 3 N–H and O–H groups in total. The summed E-state index contributed by atoms with van der Waals surface area (Å²) < 4.78 is 20.7. The van der Waals surface area contributed by atoms with Gasteiger partial charge in [-0.05, 0) is 52.6 Å². The third kappa shape index (κ3) is 5.89. The summed E-state index contributed by atoms with van der Waals surface area (Å²) in [6.45, 7) is 15.3. The molecular formula is C25H33FN8O. The van der Waals surface area contributed by atoms with Crippen molar-refractivity contribution in [3.8, 4) is 5.75 Å². The summed E-state index contributed by atoms with van der Waals surface area (Å²) in [6.07, 6.45) is 1.82. The van der Waals surface area contributed by atoms with Crippen LogP contribution in [0.25, 0.3) is 10.9 Å². The molecule has 1 aliphatic heterocycles. The summed E-state index contributed by atoms with van der Waals surface area (Å²) in [5.41, 5.74) is 2.56. The lowest BCUT2D eigenvalue weighted by Crippen LogP contribution is -2.50. The van der Waals surface area contributed by atoms with Crippen molar-refractivity contribution < 1.29 is 9.13 Å². The minimum Gasteiger partial charge on any atom is -0.468 e. The lowest BCUT2D eigenvalue weighted by atomic mass is 10.2. The molecule has 0 unspecified atom stereocenters. The van der Waals surface area contributed by atoms with Crippen LogP contribution in [0.2, 0.25) is 0 Å². The number of hydrogen-bond donors (Lipinski definition) is 3. The number of amidine groups is 1. The molecule has 0 atom stereocenters. The number of halogens is 1. The smallest absolute Gasteiger partial charge is 0.181 e. The van der Waals surface area contributed by atoms with Crippen LogP contribution in [0.1, 0.15) is 25.2 Å². The standard InChI is InChI=1S/C25H33FN8O/c1-16(2)33-8-10-34(11-9-33)24(14-22(27-5)30-23-13-18(4)31-32-23)28-15-35-21-7-6-20-19(25(21)26)12-17(3)29-20/h6-7,12-14,16,29H,5,8-11,15H2,1-4H3,(H2,30,31,32)/b22-14+,28-24+. The number of aromatic amines is 2. The Balaban J connectivity index is 1.54. The maximum absolute atomic E-state index is 14.9. The molecule has 1 fully saturated rings. The summed E-state index contributed by atoms with van der Waals surface area (Å²) in [4.78, 5) is 16.5. The highest BCUT2D eigenvalue weighted by Crippen LogP contribution is 2.27. The average Bonchev–Trinajstić information content (AvgIpc) is 3.43. The summed E-state index contributed by atoms with van der Waals surface area (Å²) in [7, 11) is 0. The largest absolute Gasteiger partial charge is 0.468 e. The van der Waals surface area contributed by atoms with Crippen LogP contribution in [0.3, 0.4) is 0 Å². The first-order valence-corrected chi connectivity index (χ1v) is 11.8. The number of piperazine rings is 1. The fraction of sp³-hybridized carbons (Fsp3) is 0.400. The predicted molar refractivity (Wildman–Crippen MR) is 139 cm³/mol. The Morgan fingerprint density at radius 3 is 2.66 bits per heavy atom. The van der Waals surface area contributed by atoms with Gasteiger partial charge in [-0.15, -0.1) is 0 Å². The lowest BCUT2D eigenvalue weighted by Gasteiger charge is -2.38. The number of aromatic nitrogens is 3. The van der Waals surface area contributed by atoms with Gasteiger partial charge in [-0.1, -0.05) is 0 Å². The number of nitrogens with one attached hydrogen (secondary N) is 3. The molecule has 0 radical (unpaired) electrons. The van der Waals surface area contributed by atoms with Crippen LogP contribution in [0.4, 0.5) is 10.2 Å². The third-order valence-electron chi connectivity index (χ3n) is 6.05. The number of aliphatic imine (C=N–C) groups is 2. The minimum atomic E-state index is -0.395. The summed E-state index contributed by atoms with van der Waals surface area (Å²) >= 11 is 0. The molecule has 1 aliphatic rings. The van der Waals surface area contributed by atoms with Gasteiger partial charge in [-0.25, -0.2) is 14.4 Å². The van der Waals surface area contributed by atoms with Crippen molar-refractivity contribution in [2.75, 3.05) is 38.2 Å². The van der Waals surface area contributed by atoms with E-state index in [0.29, 0.717) is 28.9 Å². The Hall–Kier alpha value is -3.66. The van der Waals surface area contributed by atoms with Gasteiger partial charge in [-0.2, -0.15) is 5.10 Å². The number of rotatable bonds is 8. The first-order chi connectivity index (χ1) is 16.8. The van der Waals surface area contributed by atoms with Crippen LogP contribution >= 0.6 is 0 Å². The zero-order valence-electron chi connectivity index (χ0n) is 20.7. The highest BCUT2D eigenvalue weighted by Gasteiger charge is 2.21. The topological polar surface area (TPSA) is 96.9 Å². The first-order valence-electron chi connectivity index (χ1n) is 11.8. The maximum Gasteiger partial charge on any atom is 0.181 e. The average molecular weight is 481 g/mol. The number of anilines is 1. The maximum atomic E-state index is 14.9. The zero-order chi connectivity index (χ0) is 24.9. The van der Waals surface area contributed by atoms with Crippen molar-refractivity contribution in [3.05, 3.63) is 53.4 Å². The second-order valence-electron chi connectivity index (χ2n) is 8.95. The highest BCUT2D eigenvalue weighted by atomic mass is 19.1. The monoisotopic (exact) mass is 480 g/mol. The van der Waals surface area contributed by atoms with Crippen LogP contribution in [0.5, 0.6) is 5.75 Å². The number of aryl methyl sites for hydroxylation is 2. The van der Waals surface area contributed by atoms with Crippen LogP contribution in [0.15, 0.2) is 46.1 Å². The van der Waals surface area contributed by atoms with E-state index in [2.05, 4.69) is 60.8 Å². The Kier molecular flexibility index (Phi) is 7.50. The molecule has 3 aromatic rings. The SMILES string of the molecule is C=N/C(=C\C(=N/COc1ccc2[nH]c(C)cc2c1F)N1CCN(C(C)C)CC1)Nc1cc(C)[nH]n1. The van der Waals surface area contributed by atoms with Gasteiger partial charge in [0.1, 0.15) is 11.7 Å². The fourth-order valence-corrected chi connectivity index (χ4v) is 4.13. The van der Waals surface area contributed by atoms with Gasteiger partial charge in [0.25, 0.3) is 0 Å². The number of nitrogens with zero attached hydrogens (tertiary/aromatic N) is 5. The number of H-pyrrole nitrogens is 2. The van der Waals surface area contributed by atoms with Gasteiger partial charge in [0.2, 0.25) is 0 Å². The van der Waals surface area contributed by atoms with Crippen LogP contribution < -0.4 is 10.1 Å². The van der Waals surface area contributed by atoms with Gasteiger partial charge in [0, 0.05) is 66.7 Å². The van der Waals surface area contributed by atoms with E-state index in [4.69, 9.17) is 4.74 Å². The lowest BCUT2D eigenvalue weighted by molar-refractivity contribution is 0.148. The van der Waals surface area contributed by atoms with E-state index in [-0.39, 0.29) is 12.5 Å². The molecule has 10 heteroatoms. The van der Waals surface area contributed by atoms with E-state index < -0.39 is 5.82 Å². The first kappa shape index (κ1) is 24.5. The molecule has 35 heavy (non-hydrogen) atoms. The summed E-state index contributed by atoms with van der Waals surface area (Å²) in [5, 5.41) is 10.8. The van der Waals surface area contributed by atoms with Gasteiger partial charge in [0.15, 0.2) is 24.1 Å². The fourth-order valence-electron chi connectivity index (χ4n) is 4.13. The van der Waals surface area contributed by atoms with Crippen molar-refractivity contribution in [1.82, 2.24) is 25.0 Å². The molecule has 0 aliphatic carbocycles. The zero-order valence-corrected chi connectivity index (χ0v) is 20.7. The quantitative estimate of drug-likeness (QED) is 0.334. The van der Waals surface area contributed by atoms with Crippen LogP contribution in [0, 0.1) is 19.7 Å². The number of benzene rings is 1. The Labute approximate surface area is 204 Å². The highest BCUT2D eigenvalue weighted by molar-refractivity contribution is 5.94. The second-order valence-corrected chi connectivity index (χ2v) is 8.95. The van der Waals surface area contributed by atoms with Crippen molar-refractivity contribution in [2.24, 2.45) is 9.98 Å². The molecule has 4 rings (SSSR count). The van der Waals surface area contributed by atoms with E-state index in [1.165, 1.54) is 0 Å². The molecule has 2 aromatic heterocycles. The summed E-state index contributed by atoms with van der Waals surface area (Å²) in [5.74, 6) is 1.61. The molecule has 9 nitrogen and oxygen atoms in total. The van der Waals surface area contributed by atoms with Gasteiger partial charge < -0.3 is 19.9 Å². The number of fused-ring (bicyclic) bond motifs is 1. The molecule has 1 saturated heterocycles. The Bertz CT molecular complexity index is 1230. The molecule has 0 amide bonds. The summed E-state index contributed by atoms with van der Waals surface area (Å²) in [6, 6.07) is 7.57. The van der Waals surface area contributed by atoms with E-state index in [1.807, 2.05) is 32.1 Å². The van der Waals surface area contributed by atoms with E-state index in [1.54, 1.807) is 12.1 Å². The van der Waals surface area contributed by atoms with E-state index in [9.17, 15) is 4.39 Å². The van der Waals surface area contributed by atoms with Crippen molar-refractivity contribution in [3.63, 3.8) is 0 Å². The van der Waals surface area contributed by atoms with Crippen molar-refractivity contribution in [1.29, 1.82) is 0 Å². The minimum absolute atomic E-state index is 0.0337. The van der Waals surface area contributed by atoms with Crippen molar-refractivity contribution >= 4 is 29.3 Å². The Morgan fingerprint density at radius 2 is 2.00 bits per heavy atom. The molecule has 186 valence electrons. The van der Waals surface area contributed by atoms with Crippen LogP contribution in [-0.2, 0) is 0 Å². The molecule has 0 spiro atoms. The molecule has 1 aromatic carbocycles. The van der Waals surface area contributed by atoms with Gasteiger partial charge >= 0.3 is 0 Å². The van der Waals surface area contributed by atoms with E-state index in [0.717, 1.165) is 43.1 Å². The predicted octanol–water partition coefficient (Wildman–Crippen LogP) is 4.06. The molecule has 3 heterocycles. The third-order valence-corrected chi connectivity index (χ3v) is 6.05. The Morgan fingerprint density at radius 1 is 1.23 bits per heavy atom. The van der Waals surface area contributed by atoms with Gasteiger partial charge in [-0.3, -0.25) is 10.00 Å². The molecule has 0 saturated carbocycles. The van der Waals surface area contributed by atoms with Gasteiger partial charge in [0.05, 0.1) is 0 Å². The van der Waals surface area contributed by atoms with Crippen LogP contribution in [-0.4, -0.2) is 76.5 Å². The second kappa shape index (κ2) is 10.7. The van der Waals surface area contributed by atoms with E-state index >= 15 is 0 Å². The van der Waals surface area contributed by atoms with Crippen molar-refractivity contribution in [2.45, 2.75) is 33.7 Å².